The van der Waals surface area contributed by atoms with Crippen LogP contribution in [0.2, 0.25) is 5.02 Å². The van der Waals surface area contributed by atoms with Gasteiger partial charge in [0.05, 0.1) is 5.52 Å². The number of hydrogen-bond donors (Lipinski definition) is 0. The summed E-state index contributed by atoms with van der Waals surface area (Å²) in [5.41, 5.74) is 0.865. The molecule has 2 rings (SSSR count). The molecule has 1 heterocycles. The zero-order valence-electron chi connectivity index (χ0n) is 9.76. The Morgan fingerprint density at radius 1 is 1.56 bits per heavy atom. The van der Waals surface area contributed by atoms with E-state index < -0.39 is 12.1 Å². The second kappa shape index (κ2) is 5.11. The minimum Gasteiger partial charge on any atom is -0.446 e. The number of halogens is 1. The second-order valence-corrected chi connectivity index (χ2v) is 4.34. The lowest BCUT2D eigenvalue weighted by Gasteiger charge is -2.08. The van der Waals surface area contributed by atoms with E-state index >= 15 is 0 Å². The van der Waals surface area contributed by atoms with Crippen LogP contribution in [0.1, 0.15) is 6.92 Å². The Hall–Kier alpha value is -1.99. The van der Waals surface area contributed by atoms with Crippen LogP contribution in [0.3, 0.4) is 0 Å². The van der Waals surface area contributed by atoms with Gasteiger partial charge in [0.2, 0.25) is 0 Å². The van der Waals surface area contributed by atoms with Gasteiger partial charge in [0, 0.05) is 11.2 Å². The monoisotopic (exact) mass is 262 g/mol. The van der Waals surface area contributed by atoms with Crippen LogP contribution in [0.15, 0.2) is 30.5 Å². The lowest BCUT2D eigenvalue weighted by atomic mass is 10.2. The van der Waals surface area contributed by atoms with E-state index in [2.05, 4.69) is 0 Å². The number of carbonyl (C=O) groups excluding carboxylic acids is 1. The molecule has 0 aliphatic carbocycles. The number of ether oxygens (including phenoxy) is 1. The van der Waals surface area contributed by atoms with Crippen molar-refractivity contribution in [3.8, 4) is 6.07 Å². The van der Waals surface area contributed by atoms with Gasteiger partial charge in [-0.2, -0.15) is 5.26 Å². The van der Waals surface area contributed by atoms with Crippen LogP contribution in [-0.4, -0.2) is 16.6 Å². The molecular weight excluding hydrogens is 252 g/mol. The summed E-state index contributed by atoms with van der Waals surface area (Å²) >= 11 is 5.92. The van der Waals surface area contributed by atoms with E-state index in [9.17, 15) is 4.79 Å². The molecule has 0 aliphatic rings. The number of hydrogen-bond acceptors (Lipinski definition) is 3. The number of carbonyl (C=O) groups is 1. The van der Waals surface area contributed by atoms with Gasteiger partial charge >= 0.3 is 5.97 Å². The third-order valence-electron chi connectivity index (χ3n) is 2.53. The van der Waals surface area contributed by atoms with Crippen molar-refractivity contribution in [2.24, 2.45) is 0 Å². The summed E-state index contributed by atoms with van der Waals surface area (Å²) in [5, 5.41) is 10.2. The first-order valence-corrected chi connectivity index (χ1v) is 5.81. The molecule has 0 saturated heterocycles. The highest BCUT2D eigenvalue weighted by Crippen LogP contribution is 2.20. The van der Waals surface area contributed by atoms with E-state index in [0.717, 1.165) is 10.9 Å². The molecule has 0 amide bonds. The lowest BCUT2D eigenvalue weighted by Crippen LogP contribution is -2.17. The molecule has 0 radical (unpaired) electrons. The van der Waals surface area contributed by atoms with Crippen molar-refractivity contribution in [2.75, 3.05) is 0 Å². The maximum atomic E-state index is 11.6. The third-order valence-corrected chi connectivity index (χ3v) is 2.76. The Balaban J connectivity index is 2.20. The zero-order chi connectivity index (χ0) is 13.1. The Morgan fingerprint density at radius 2 is 2.33 bits per heavy atom. The Kier molecular flexibility index (Phi) is 3.54. The fourth-order valence-corrected chi connectivity index (χ4v) is 1.86. The molecule has 1 aromatic heterocycles. The van der Waals surface area contributed by atoms with Gasteiger partial charge in [0.1, 0.15) is 12.6 Å². The predicted molar refractivity (Wildman–Crippen MR) is 68.1 cm³/mol. The summed E-state index contributed by atoms with van der Waals surface area (Å²) in [7, 11) is 0. The van der Waals surface area contributed by atoms with Gasteiger partial charge in [-0.05, 0) is 30.5 Å². The van der Waals surface area contributed by atoms with Gasteiger partial charge in [-0.3, -0.25) is 4.79 Å². The molecule has 18 heavy (non-hydrogen) atoms. The molecule has 5 heteroatoms. The van der Waals surface area contributed by atoms with Crippen LogP contribution in [0.25, 0.3) is 10.9 Å². The summed E-state index contributed by atoms with van der Waals surface area (Å²) in [6, 6.07) is 9.22. The highest BCUT2D eigenvalue weighted by molar-refractivity contribution is 6.31. The highest BCUT2D eigenvalue weighted by atomic mass is 35.5. The maximum Gasteiger partial charge on any atom is 0.327 e. The first-order valence-electron chi connectivity index (χ1n) is 5.43. The number of aromatic nitrogens is 1. The normalized spacial score (nSPS) is 12.1. The van der Waals surface area contributed by atoms with Crippen LogP contribution in [0.5, 0.6) is 0 Å². The molecule has 0 bridgehead atoms. The zero-order valence-corrected chi connectivity index (χ0v) is 10.5. The fraction of sp³-hybridized carbons (Fsp3) is 0.231. The summed E-state index contributed by atoms with van der Waals surface area (Å²) < 4.78 is 6.64. The van der Waals surface area contributed by atoms with E-state index in [0.29, 0.717) is 5.02 Å². The molecular formula is C13H11ClN2O2. The molecule has 0 spiro atoms. The number of benzene rings is 1. The van der Waals surface area contributed by atoms with Gasteiger partial charge in [0.15, 0.2) is 6.10 Å². The Morgan fingerprint density at radius 3 is 3.06 bits per heavy atom. The fourth-order valence-electron chi connectivity index (χ4n) is 1.69. The van der Waals surface area contributed by atoms with Gasteiger partial charge < -0.3 is 9.30 Å². The van der Waals surface area contributed by atoms with Crippen LogP contribution >= 0.6 is 11.6 Å². The number of fused-ring (bicyclic) bond motifs is 1. The van der Waals surface area contributed by atoms with Gasteiger partial charge in [0.25, 0.3) is 0 Å². The first kappa shape index (κ1) is 12.5. The average molecular weight is 263 g/mol. The highest BCUT2D eigenvalue weighted by Gasteiger charge is 2.10. The van der Waals surface area contributed by atoms with Crippen molar-refractivity contribution >= 4 is 28.5 Å². The topological polar surface area (TPSA) is 55.0 Å². The van der Waals surface area contributed by atoms with Crippen molar-refractivity contribution in [1.29, 1.82) is 5.26 Å². The summed E-state index contributed by atoms with van der Waals surface area (Å²) in [5.74, 6) is -0.443. The SMILES string of the molecule is C[C@@H](C#N)OC(=O)Cn1ccc2ccc(Cl)cc21. The number of nitrogens with zero attached hydrogens (tertiary/aromatic N) is 2. The molecule has 0 fully saturated rings. The summed E-state index contributed by atoms with van der Waals surface area (Å²) in [6.07, 6.45) is 1.06. The molecule has 2 aromatic rings. The van der Waals surface area contributed by atoms with Crippen molar-refractivity contribution < 1.29 is 9.53 Å². The van der Waals surface area contributed by atoms with E-state index in [1.54, 1.807) is 22.9 Å². The van der Waals surface area contributed by atoms with Crippen LogP contribution in [0, 0.1) is 11.3 Å². The predicted octanol–water partition coefficient (Wildman–Crippen LogP) is 2.75. The van der Waals surface area contributed by atoms with E-state index in [1.807, 2.05) is 18.2 Å². The number of rotatable bonds is 3. The van der Waals surface area contributed by atoms with Gasteiger partial charge in [-0.1, -0.05) is 17.7 Å². The Labute approximate surface area is 109 Å². The van der Waals surface area contributed by atoms with Gasteiger partial charge in [-0.25, -0.2) is 0 Å². The van der Waals surface area contributed by atoms with Gasteiger partial charge in [-0.15, -0.1) is 0 Å². The molecule has 1 aromatic carbocycles. The number of nitriles is 1. The van der Waals surface area contributed by atoms with Crippen LogP contribution < -0.4 is 0 Å². The lowest BCUT2D eigenvalue weighted by molar-refractivity contribution is -0.146. The average Bonchev–Trinajstić information content (AvgIpc) is 2.71. The largest absolute Gasteiger partial charge is 0.446 e. The summed E-state index contributed by atoms with van der Waals surface area (Å²) in [6.45, 7) is 1.60. The van der Waals surface area contributed by atoms with E-state index in [1.165, 1.54) is 6.92 Å². The maximum absolute atomic E-state index is 11.6. The number of esters is 1. The molecule has 92 valence electrons. The summed E-state index contributed by atoms with van der Waals surface area (Å²) in [4.78, 5) is 11.6. The Bertz CT molecular complexity index is 627. The van der Waals surface area contributed by atoms with Crippen LogP contribution in [-0.2, 0) is 16.1 Å². The molecule has 0 unspecified atom stereocenters. The first-order chi connectivity index (χ1) is 8.60. The third kappa shape index (κ3) is 2.63. The minimum atomic E-state index is -0.733. The second-order valence-electron chi connectivity index (χ2n) is 3.91. The van der Waals surface area contributed by atoms with Crippen molar-refractivity contribution in [3.63, 3.8) is 0 Å². The van der Waals surface area contributed by atoms with Crippen molar-refractivity contribution in [3.05, 3.63) is 35.5 Å². The van der Waals surface area contributed by atoms with Crippen LogP contribution in [0.4, 0.5) is 0 Å². The molecule has 1 atom stereocenters. The smallest absolute Gasteiger partial charge is 0.327 e. The van der Waals surface area contributed by atoms with E-state index in [-0.39, 0.29) is 6.54 Å². The molecule has 4 nitrogen and oxygen atoms in total. The van der Waals surface area contributed by atoms with Crippen molar-refractivity contribution in [2.45, 2.75) is 19.6 Å². The molecule has 0 N–H and O–H groups in total. The van der Waals surface area contributed by atoms with E-state index in [4.69, 9.17) is 21.6 Å². The molecule has 0 aliphatic heterocycles. The standard InChI is InChI=1S/C13H11ClN2O2/c1-9(7-15)18-13(17)8-16-5-4-10-2-3-11(14)6-12(10)16/h2-6,9H,8H2,1H3/t9-/m0/s1. The molecule has 0 saturated carbocycles. The minimum absolute atomic E-state index is 0.0653. The van der Waals surface area contributed by atoms with Crippen molar-refractivity contribution in [1.82, 2.24) is 4.57 Å². The quantitative estimate of drug-likeness (QED) is 0.799.